The monoisotopic (exact) mass is 247 g/mol. The third kappa shape index (κ3) is 5.06. The van der Waals surface area contributed by atoms with Crippen molar-refractivity contribution in [2.75, 3.05) is 25.7 Å². The Hall–Kier alpha value is -1.17. The SMILES string of the molecule is C=CCOC(=O)N(C)C(CCSC)C(=O)O. The zero-order valence-electron chi connectivity index (χ0n) is 9.51. The lowest BCUT2D eigenvalue weighted by Gasteiger charge is -2.23. The molecule has 0 bridgehead atoms. The van der Waals surface area contributed by atoms with Gasteiger partial charge in [-0.05, 0) is 18.4 Å². The maximum Gasteiger partial charge on any atom is 0.410 e. The molecule has 0 radical (unpaired) electrons. The van der Waals surface area contributed by atoms with Gasteiger partial charge in [0.05, 0.1) is 0 Å². The molecule has 0 aromatic rings. The van der Waals surface area contributed by atoms with Crippen LogP contribution < -0.4 is 0 Å². The van der Waals surface area contributed by atoms with Crippen LogP contribution in [0.5, 0.6) is 0 Å². The van der Waals surface area contributed by atoms with Crippen LogP contribution in [0.2, 0.25) is 0 Å². The molecule has 0 fully saturated rings. The number of carboxylic acid groups (broad SMARTS) is 1. The first-order valence-electron chi connectivity index (χ1n) is 4.76. The summed E-state index contributed by atoms with van der Waals surface area (Å²) in [5, 5.41) is 8.97. The van der Waals surface area contributed by atoms with Crippen molar-refractivity contribution in [3.05, 3.63) is 12.7 Å². The van der Waals surface area contributed by atoms with Gasteiger partial charge < -0.3 is 9.84 Å². The number of hydrogen-bond donors (Lipinski definition) is 1. The number of carbonyl (C=O) groups is 2. The number of carbonyl (C=O) groups excluding carboxylic acids is 1. The predicted octanol–water partition coefficient (Wildman–Crippen LogP) is 1.45. The number of aliphatic carboxylic acids is 1. The molecule has 0 heterocycles. The van der Waals surface area contributed by atoms with Crippen molar-refractivity contribution in [1.29, 1.82) is 0 Å². The number of likely N-dealkylation sites (N-methyl/N-ethyl adjacent to an activating group) is 1. The van der Waals surface area contributed by atoms with E-state index in [4.69, 9.17) is 9.84 Å². The summed E-state index contributed by atoms with van der Waals surface area (Å²) in [6, 6.07) is -0.843. The fourth-order valence-electron chi connectivity index (χ4n) is 1.07. The van der Waals surface area contributed by atoms with Crippen LogP contribution in [-0.4, -0.2) is 53.8 Å². The average molecular weight is 247 g/mol. The highest BCUT2D eigenvalue weighted by Crippen LogP contribution is 2.08. The van der Waals surface area contributed by atoms with Crippen molar-refractivity contribution < 1.29 is 19.4 Å². The number of hydrogen-bond acceptors (Lipinski definition) is 4. The van der Waals surface area contributed by atoms with Crippen LogP contribution >= 0.6 is 11.8 Å². The second-order valence-electron chi connectivity index (χ2n) is 3.11. The lowest BCUT2D eigenvalue weighted by molar-refractivity contribution is -0.142. The number of thioether (sulfide) groups is 1. The maximum atomic E-state index is 11.4. The van der Waals surface area contributed by atoms with E-state index in [1.807, 2.05) is 6.26 Å². The Bertz CT molecular complexity index is 257. The van der Waals surface area contributed by atoms with Crippen LogP contribution in [0.25, 0.3) is 0 Å². The molecular formula is C10H17NO4S. The minimum Gasteiger partial charge on any atom is -0.480 e. The molecule has 6 heteroatoms. The van der Waals surface area contributed by atoms with Crippen LogP contribution in [0, 0.1) is 0 Å². The van der Waals surface area contributed by atoms with Crippen LogP contribution in [0.3, 0.4) is 0 Å². The van der Waals surface area contributed by atoms with Gasteiger partial charge in [0, 0.05) is 7.05 Å². The summed E-state index contributed by atoms with van der Waals surface area (Å²) in [5.41, 5.74) is 0. The second-order valence-corrected chi connectivity index (χ2v) is 4.10. The van der Waals surface area contributed by atoms with E-state index in [1.54, 1.807) is 0 Å². The smallest absolute Gasteiger partial charge is 0.410 e. The van der Waals surface area contributed by atoms with Gasteiger partial charge >= 0.3 is 12.1 Å². The maximum absolute atomic E-state index is 11.4. The molecule has 0 aromatic carbocycles. The van der Waals surface area contributed by atoms with Crippen molar-refractivity contribution in [2.45, 2.75) is 12.5 Å². The van der Waals surface area contributed by atoms with Gasteiger partial charge in [0.15, 0.2) is 0 Å². The Morgan fingerprint density at radius 2 is 2.25 bits per heavy atom. The summed E-state index contributed by atoms with van der Waals surface area (Å²) in [6.45, 7) is 3.49. The summed E-state index contributed by atoms with van der Waals surface area (Å²) < 4.78 is 4.76. The number of amides is 1. The summed E-state index contributed by atoms with van der Waals surface area (Å²) in [4.78, 5) is 23.4. The van der Waals surface area contributed by atoms with Crippen LogP contribution in [0.1, 0.15) is 6.42 Å². The van der Waals surface area contributed by atoms with Crippen molar-refractivity contribution in [3.8, 4) is 0 Å². The van der Waals surface area contributed by atoms with Crippen LogP contribution in [-0.2, 0) is 9.53 Å². The standard InChI is InChI=1S/C10H17NO4S/c1-4-6-15-10(14)11(2)8(9(12)13)5-7-16-3/h4,8H,1,5-7H2,2-3H3,(H,12,13). The second kappa shape index (κ2) is 8.04. The molecule has 0 saturated carbocycles. The molecule has 1 amide bonds. The molecule has 0 aromatic heterocycles. The predicted molar refractivity (Wildman–Crippen MR) is 63.7 cm³/mol. The molecule has 5 nitrogen and oxygen atoms in total. The molecule has 1 atom stereocenters. The van der Waals surface area contributed by atoms with Crippen molar-refractivity contribution >= 4 is 23.8 Å². The third-order valence-corrected chi connectivity index (χ3v) is 2.60. The highest BCUT2D eigenvalue weighted by molar-refractivity contribution is 7.98. The highest BCUT2D eigenvalue weighted by Gasteiger charge is 2.26. The zero-order chi connectivity index (χ0) is 12.6. The Balaban J connectivity index is 4.35. The van der Waals surface area contributed by atoms with E-state index in [-0.39, 0.29) is 6.61 Å². The minimum absolute atomic E-state index is 0.0814. The molecule has 1 N–H and O–H groups in total. The first kappa shape index (κ1) is 14.8. The number of carboxylic acids is 1. The normalized spacial score (nSPS) is 11.6. The van der Waals surface area contributed by atoms with Gasteiger partial charge in [-0.1, -0.05) is 12.7 Å². The van der Waals surface area contributed by atoms with Gasteiger partial charge in [-0.3, -0.25) is 4.90 Å². The van der Waals surface area contributed by atoms with Crippen molar-refractivity contribution in [3.63, 3.8) is 0 Å². The van der Waals surface area contributed by atoms with E-state index < -0.39 is 18.1 Å². The van der Waals surface area contributed by atoms with E-state index in [0.717, 1.165) is 4.90 Å². The van der Waals surface area contributed by atoms with Crippen molar-refractivity contribution in [1.82, 2.24) is 4.90 Å². The molecule has 0 rings (SSSR count). The Labute approximate surface area is 99.4 Å². The topological polar surface area (TPSA) is 66.8 Å². The van der Waals surface area contributed by atoms with E-state index in [0.29, 0.717) is 12.2 Å². The van der Waals surface area contributed by atoms with Gasteiger partial charge in [-0.2, -0.15) is 11.8 Å². The van der Waals surface area contributed by atoms with Gasteiger partial charge in [0.25, 0.3) is 0 Å². The lowest BCUT2D eigenvalue weighted by atomic mass is 10.2. The summed E-state index contributed by atoms with van der Waals surface area (Å²) in [6.07, 6.45) is 3.07. The summed E-state index contributed by atoms with van der Waals surface area (Å²) >= 11 is 1.54. The van der Waals surface area contributed by atoms with Crippen LogP contribution in [0.4, 0.5) is 4.79 Å². The minimum atomic E-state index is -1.02. The largest absolute Gasteiger partial charge is 0.480 e. The quantitative estimate of drug-likeness (QED) is 0.690. The van der Waals surface area contributed by atoms with Crippen molar-refractivity contribution in [2.24, 2.45) is 0 Å². The molecule has 0 aliphatic heterocycles. The first-order chi connectivity index (χ1) is 7.54. The Kier molecular flexibility index (Phi) is 7.45. The molecule has 0 saturated heterocycles. The zero-order valence-corrected chi connectivity index (χ0v) is 10.3. The average Bonchev–Trinajstić information content (AvgIpc) is 2.25. The fraction of sp³-hybridized carbons (Fsp3) is 0.600. The van der Waals surface area contributed by atoms with Gasteiger partial charge in [-0.15, -0.1) is 0 Å². The van der Waals surface area contributed by atoms with Crippen LogP contribution in [0.15, 0.2) is 12.7 Å². The molecule has 0 aliphatic rings. The van der Waals surface area contributed by atoms with Gasteiger partial charge in [0.1, 0.15) is 12.6 Å². The first-order valence-corrected chi connectivity index (χ1v) is 6.16. The lowest BCUT2D eigenvalue weighted by Crippen LogP contribution is -2.43. The summed E-state index contributed by atoms with van der Waals surface area (Å²) in [5.74, 6) is -0.345. The molecule has 0 spiro atoms. The van der Waals surface area contributed by atoms with E-state index in [1.165, 1.54) is 24.9 Å². The third-order valence-electron chi connectivity index (χ3n) is 1.96. The van der Waals surface area contributed by atoms with E-state index >= 15 is 0 Å². The summed E-state index contributed by atoms with van der Waals surface area (Å²) in [7, 11) is 1.42. The van der Waals surface area contributed by atoms with E-state index in [9.17, 15) is 9.59 Å². The van der Waals surface area contributed by atoms with Gasteiger partial charge in [0.2, 0.25) is 0 Å². The Morgan fingerprint density at radius 1 is 1.62 bits per heavy atom. The molecular weight excluding hydrogens is 230 g/mol. The number of nitrogens with zero attached hydrogens (tertiary/aromatic N) is 1. The van der Waals surface area contributed by atoms with Gasteiger partial charge in [-0.25, -0.2) is 9.59 Å². The fourth-order valence-corrected chi connectivity index (χ4v) is 1.53. The molecule has 16 heavy (non-hydrogen) atoms. The molecule has 92 valence electrons. The number of rotatable bonds is 7. The van der Waals surface area contributed by atoms with E-state index in [2.05, 4.69) is 6.58 Å². The molecule has 1 unspecified atom stereocenters. The number of ether oxygens (including phenoxy) is 1. The molecule has 0 aliphatic carbocycles. The Morgan fingerprint density at radius 3 is 2.69 bits per heavy atom. The highest BCUT2D eigenvalue weighted by atomic mass is 32.2.